The Morgan fingerprint density at radius 2 is 1.93 bits per heavy atom. The monoisotopic (exact) mass is 557 g/mol. The number of hydrogen-bond donors (Lipinski definition) is 2. The van der Waals surface area contributed by atoms with Crippen LogP contribution in [0.5, 0.6) is 5.75 Å². The average molecular weight is 558 g/mol. The molecule has 1 aliphatic carbocycles. The summed E-state index contributed by atoms with van der Waals surface area (Å²) >= 11 is 0. The molecule has 0 bridgehead atoms. The third kappa shape index (κ3) is 4.22. The number of methoxy groups -OCH3 is 1. The lowest BCUT2D eigenvalue weighted by Gasteiger charge is -2.40. The normalized spacial score (nSPS) is 20.6. The van der Waals surface area contributed by atoms with E-state index in [2.05, 4.69) is 20.2 Å². The number of amides is 1. The van der Waals surface area contributed by atoms with Crippen molar-refractivity contribution in [1.82, 2.24) is 34.6 Å². The number of nitrogens with one attached hydrogen (secondary N) is 1. The van der Waals surface area contributed by atoms with Crippen LogP contribution in [0.1, 0.15) is 41.2 Å². The molecule has 7 rings (SSSR count). The van der Waals surface area contributed by atoms with E-state index in [1.54, 1.807) is 30.3 Å². The van der Waals surface area contributed by atoms with E-state index >= 15 is 4.39 Å². The summed E-state index contributed by atoms with van der Waals surface area (Å²) in [6.45, 7) is 0.369. The van der Waals surface area contributed by atoms with Gasteiger partial charge in [0.2, 0.25) is 0 Å². The Labute approximate surface area is 232 Å². The fourth-order valence-electron chi connectivity index (χ4n) is 6.20. The predicted octanol–water partition coefficient (Wildman–Crippen LogP) is 4.63. The van der Waals surface area contributed by atoms with E-state index < -0.39 is 11.6 Å². The van der Waals surface area contributed by atoms with Gasteiger partial charge in [-0.25, -0.2) is 18.7 Å². The lowest BCUT2D eigenvalue weighted by atomic mass is 9.87. The molecule has 3 atom stereocenters. The summed E-state index contributed by atoms with van der Waals surface area (Å²) < 4.78 is 37.0. The number of phenolic OH excluding ortho intramolecular Hbond substituents is 1. The number of hydrogen-bond acceptors (Lipinski definition) is 7. The number of carbonyl (C=O) groups is 1. The van der Waals surface area contributed by atoms with E-state index in [0.717, 1.165) is 5.56 Å². The van der Waals surface area contributed by atoms with Crippen molar-refractivity contribution in [2.45, 2.75) is 44.0 Å². The summed E-state index contributed by atoms with van der Waals surface area (Å²) in [7, 11) is 1.63. The Morgan fingerprint density at radius 1 is 1.07 bits per heavy atom. The number of carbonyl (C=O) groups excluding carboxylic acids is 1. The molecule has 1 fully saturated rings. The summed E-state index contributed by atoms with van der Waals surface area (Å²) in [6, 6.07) is 9.69. The molecule has 0 spiro atoms. The Morgan fingerprint density at radius 3 is 2.71 bits per heavy atom. The van der Waals surface area contributed by atoms with Crippen LogP contribution in [0.15, 0.2) is 55.0 Å². The predicted molar refractivity (Wildman–Crippen MR) is 144 cm³/mol. The lowest BCUT2D eigenvalue weighted by molar-refractivity contribution is 0.0114. The first-order valence-corrected chi connectivity index (χ1v) is 13.2. The highest BCUT2D eigenvalue weighted by Crippen LogP contribution is 2.42. The smallest absolute Gasteiger partial charge is 0.254 e. The van der Waals surface area contributed by atoms with Crippen LogP contribution in [0, 0.1) is 11.6 Å². The lowest BCUT2D eigenvalue weighted by Crippen LogP contribution is -2.44. The molecule has 10 nitrogen and oxygen atoms in total. The van der Waals surface area contributed by atoms with Crippen LogP contribution in [-0.2, 0) is 11.3 Å². The molecule has 2 aromatic carbocycles. The van der Waals surface area contributed by atoms with E-state index in [0.29, 0.717) is 53.9 Å². The van der Waals surface area contributed by atoms with Crippen LogP contribution in [0.4, 0.5) is 8.78 Å². The maximum atomic E-state index is 15.3. The van der Waals surface area contributed by atoms with Gasteiger partial charge >= 0.3 is 0 Å². The van der Waals surface area contributed by atoms with Crippen molar-refractivity contribution in [2.75, 3.05) is 7.11 Å². The van der Waals surface area contributed by atoms with Crippen LogP contribution in [0.2, 0.25) is 0 Å². The SMILES string of the molecule is CO[C@H]1C[C@H](N2Cc3ccc(F)cc3C2=O)C[C@H](n2c(-c3c(O)cccc3F)nc3cnc(-c4ncn[nH]4)cc32)C1. The Balaban J connectivity index is 1.36. The number of aromatic hydroxyl groups is 1. The Hall–Kier alpha value is -4.71. The zero-order valence-electron chi connectivity index (χ0n) is 22.0. The fourth-order valence-corrected chi connectivity index (χ4v) is 6.20. The maximum absolute atomic E-state index is 15.3. The molecule has 12 heteroatoms. The molecule has 4 heterocycles. The minimum atomic E-state index is -0.618. The first-order valence-electron chi connectivity index (χ1n) is 13.2. The number of imidazole rings is 1. The van der Waals surface area contributed by atoms with Crippen molar-refractivity contribution < 1.29 is 23.4 Å². The molecule has 3 aromatic heterocycles. The van der Waals surface area contributed by atoms with Crippen molar-refractivity contribution in [3.05, 3.63) is 77.8 Å². The third-order valence-corrected chi connectivity index (χ3v) is 8.11. The summed E-state index contributed by atoms with van der Waals surface area (Å²) in [5, 5.41) is 17.5. The summed E-state index contributed by atoms with van der Waals surface area (Å²) in [5.41, 5.74) is 2.79. The minimum absolute atomic E-state index is 0.0267. The highest BCUT2D eigenvalue weighted by molar-refractivity contribution is 5.98. The number of phenols is 1. The number of pyridine rings is 1. The van der Waals surface area contributed by atoms with Gasteiger partial charge in [-0.15, -0.1) is 0 Å². The van der Waals surface area contributed by atoms with Crippen molar-refractivity contribution in [3.63, 3.8) is 0 Å². The van der Waals surface area contributed by atoms with Gasteiger partial charge in [-0.3, -0.25) is 14.9 Å². The number of H-pyrrole nitrogens is 1. The fraction of sp³-hybridized carbons (Fsp3) is 0.276. The van der Waals surface area contributed by atoms with Crippen molar-refractivity contribution in [1.29, 1.82) is 0 Å². The van der Waals surface area contributed by atoms with Crippen LogP contribution in [-0.4, -0.2) is 64.9 Å². The van der Waals surface area contributed by atoms with Crippen molar-refractivity contribution in [2.24, 2.45) is 0 Å². The van der Waals surface area contributed by atoms with Gasteiger partial charge in [0.15, 0.2) is 5.82 Å². The molecule has 1 amide bonds. The van der Waals surface area contributed by atoms with E-state index in [9.17, 15) is 14.3 Å². The van der Waals surface area contributed by atoms with E-state index in [1.807, 2.05) is 4.57 Å². The number of ether oxygens (including phenoxy) is 1. The highest BCUT2D eigenvalue weighted by Gasteiger charge is 2.40. The molecular formula is C29H25F2N7O3. The molecule has 1 saturated carbocycles. The number of aromatic amines is 1. The molecule has 2 aliphatic rings. The van der Waals surface area contributed by atoms with Gasteiger partial charge in [-0.1, -0.05) is 12.1 Å². The first-order chi connectivity index (χ1) is 19.9. The molecule has 2 N–H and O–H groups in total. The van der Waals surface area contributed by atoms with Gasteiger partial charge in [0.05, 0.1) is 23.4 Å². The molecule has 0 unspecified atom stereocenters. The zero-order chi connectivity index (χ0) is 28.2. The number of nitrogens with zero attached hydrogens (tertiary/aromatic N) is 6. The molecule has 41 heavy (non-hydrogen) atoms. The van der Waals surface area contributed by atoms with Crippen LogP contribution in [0.25, 0.3) is 33.9 Å². The zero-order valence-corrected chi connectivity index (χ0v) is 22.0. The molecular weight excluding hydrogens is 532 g/mol. The van der Waals surface area contributed by atoms with E-state index in [1.165, 1.54) is 36.7 Å². The average Bonchev–Trinajstić information content (AvgIpc) is 3.71. The second-order valence-corrected chi connectivity index (χ2v) is 10.4. The molecule has 0 saturated heterocycles. The molecule has 5 aromatic rings. The summed E-state index contributed by atoms with van der Waals surface area (Å²) in [6.07, 6.45) is 4.40. The highest BCUT2D eigenvalue weighted by atomic mass is 19.1. The van der Waals surface area contributed by atoms with Gasteiger partial charge in [0.25, 0.3) is 5.91 Å². The minimum Gasteiger partial charge on any atom is -0.507 e. The summed E-state index contributed by atoms with van der Waals surface area (Å²) in [5.74, 6) is -0.838. The number of aromatic nitrogens is 6. The number of rotatable bonds is 5. The second kappa shape index (κ2) is 9.73. The standard InChI is InChI=1S/C29H25F2N7O3/c1-41-19-9-17(37-13-15-5-6-16(30)7-20(15)29(37)40)8-18(10-19)38-24-11-22(27-33-14-34-36-27)32-12-23(24)35-28(38)26-21(31)3-2-4-25(26)39/h2-7,11-12,14,17-19,39H,8-10,13H2,1H3,(H,33,34,36)/t17-,18+,19+/m1/s1. The number of fused-ring (bicyclic) bond motifs is 2. The van der Waals surface area contributed by atoms with Gasteiger partial charge in [0.1, 0.15) is 40.7 Å². The van der Waals surface area contributed by atoms with Crippen molar-refractivity contribution in [3.8, 4) is 28.7 Å². The molecule has 0 radical (unpaired) electrons. The molecule has 1 aliphatic heterocycles. The second-order valence-electron chi connectivity index (χ2n) is 10.4. The van der Waals surface area contributed by atoms with Crippen LogP contribution >= 0.6 is 0 Å². The molecule has 208 valence electrons. The van der Waals surface area contributed by atoms with E-state index in [-0.39, 0.29) is 41.2 Å². The quantitative estimate of drug-likeness (QED) is 0.323. The van der Waals surface area contributed by atoms with Gasteiger partial charge in [-0.05, 0) is 55.2 Å². The Bertz CT molecular complexity index is 1770. The Kier molecular flexibility index (Phi) is 6.00. The maximum Gasteiger partial charge on any atom is 0.254 e. The largest absolute Gasteiger partial charge is 0.507 e. The third-order valence-electron chi connectivity index (χ3n) is 8.11. The topological polar surface area (TPSA) is 122 Å². The number of halogens is 2. The van der Waals surface area contributed by atoms with Crippen LogP contribution < -0.4 is 0 Å². The van der Waals surface area contributed by atoms with Gasteiger partial charge < -0.3 is 19.3 Å². The van der Waals surface area contributed by atoms with Gasteiger partial charge in [-0.2, -0.15) is 5.10 Å². The first kappa shape index (κ1) is 25.3. The van der Waals surface area contributed by atoms with Crippen molar-refractivity contribution >= 4 is 16.9 Å². The van der Waals surface area contributed by atoms with Gasteiger partial charge in [0, 0.05) is 31.3 Å². The number of benzene rings is 2. The van der Waals surface area contributed by atoms with Crippen LogP contribution in [0.3, 0.4) is 0 Å². The van der Waals surface area contributed by atoms with E-state index in [4.69, 9.17) is 9.72 Å². The summed E-state index contributed by atoms with van der Waals surface area (Å²) in [4.78, 5) is 28.6.